The highest BCUT2D eigenvalue weighted by Gasteiger charge is 2.40. The number of rotatable bonds is 6. The fourth-order valence-electron chi connectivity index (χ4n) is 2.15. The molecular formula is C15H15NO6S. The van der Waals surface area contributed by atoms with Crippen LogP contribution in [0.3, 0.4) is 0 Å². The minimum absolute atomic E-state index is 0.00859. The van der Waals surface area contributed by atoms with Gasteiger partial charge in [0.05, 0.1) is 28.9 Å². The summed E-state index contributed by atoms with van der Waals surface area (Å²) in [7, 11) is 0. The molecule has 122 valence electrons. The Morgan fingerprint density at radius 2 is 2.13 bits per heavy atom. The summed E-state index contributed by atoms with van der Waals surface area (Å²) in [5.41, 5.74) is 0.213. The molecule has 0 aliphatic carbocycles. The molecule has 8 heteroatoms. The lowest BCUT2D eigenvalue weighted by atomic mass is 10.2. The Morgan fingerprint density at radius 1 is 1.39 bits per heavy atom. The fraction of sp³-hybridized carbons (Fsp3) is 0.333. The maximum atomic E-state index is 12.4. The van der Waals surface area contributed by atoms with Crippen LogP contribution in [-0.2, 0) is 19.1 Å². The number of benzene rings is 1. The van der Waals surface area contributed by atoms with Gasteiger partial charge in [0.25, 0.3) is 0 Å². The van der Waals surface area contributed by atoms with Crippen molar-refractivity contribution in [2.75, 3.05) is 17.3 Å². The third-order valence-corrected chi connectivity index (χ3v) is 4.34. The molecule has 1 aromatic carbocycles. The molecule has 23 heavy (non-hydrogen) atoms. The van der Waals surface area contributed by atoms with Gasteiger partial charge < -0.3 is 9.84 Å². The maximum Gasteiger partial charge on any atom is 0.335 e. The van der Waals surface area contributed by atoms with Crippen molar-refractivity contribution < 1.29 is 29.0 Å². The molecular weight excluding hydrogens is 322 g/mol. The van der Waals surface area contributed by atoms with Crippen LogP contribution in [-0.4, -0.2) is 46.5 Å². The average Bonchev–Trinajstić information content (AvgIpc) is 2.80. The molecule has 2 amide bonds. The summed E-state index contributed by atoms with van der Waals surface area (Å²) in [5, 5.41) is 8.32. The van der Waals surface area contributed by atoms with Crippen LogP contribution < -0.4 is 4.90 Å². The largest absolute Gasteiger partial charge is 0.478 e. The van der Waals surface area contributed by atoms with E-state index in [0.29, 0.717) is 0 Å². The van der Waals surface area contributed by atoms with Gasteiger partial charge in [0.1, 0.15) is 0 Å². The summed E-state index contributed by atoms with van der Waals surface area (Å²) in [6.07, 6.45) is -0.0276. The highest BCUT2D eigenvalue weighted by atomic mass is 32.2. The third kappa shape index (κ3) is 3.89. The molecule has 0 bridgehead atoms. The quantitative estimate of drug-likeness (QED) is 0.617. The van der Waals surface area contributed by atoms with Gasteiger partial charge in [-0.1, -0.05) is 6.07 Å². The minimum Gasteiger partial charge on any atom is -0.478 e. The molecule has 1 fully saturated rings. The number of hydrogen-bond donors (Lipinski definition) is 1. The number of carbonyl (C=O) groups is 4. The zero-order valence-electron chi connectivity index (χ0n) is 12.4. The Morgan fingerprint density at radius 3 is 2.78 bits per heavy atom. The Labute approximate surface area is 136 Å². The summed E-state index contributed by atoms with van der Waals surface area (Å²) >= 11 is 1.05. The monoisotopic (exact) mass is 337 g/mol. The number of anilines is 1. The number of carbonyl (C=O) groups excluding carboxylic acids is 3. The van der Waals surface area contributed by atoms with Gasteiger partial charge in [-0.15, -0.1) is 11.8 Å². The van der Waals surface area contributed by atoms with Gasteiger partial charge in [0, 0.05) is 6.42 Å². The molecule has 0 radical (unpaired) electrons. The van der Waals surface area contributed by atoms with Gasteiger partial charge in [0.15, 0.2) is 0 Å². The number of thioether (sulfide) groups is 1. The highest BCUT2D eigenvalue weighted by Crippen LogP contribution is 2.30. The van der Waals surface area contributed by atoms with Crippen molar-refractivity contribution in [2.24, 2.45) is 0 Å². The normalized spacial score (nSPS) is 17.4. The van der Waals surface area contributed by atoms with E-state index in [4.69, 9.17) is 9.84 Å². The minimum atomic E-state index is -1.14. The molecule has 1 heterocycles. The molecule has 1 N–H and O–H groups in total. The number of aromatic carboxylic acids is 1. The lowest BCUT2D eigenvalue weighted by molar-refractivity contribution is -0.139. The molecule has 1 atom stereocenters. The van der Waals surface area contributed by atoms with Crippen LogP contribution in [0.5, 0.6) is 0 Å². The van der Waals surface area contributed by atoms with Crippen molar-refractivity contribution >= 4 is 41.2 Å². The van der Waals surface area contributed by atoms with E-state index >= 15 is 0 Å². The van der Waals surface area contributed by atoms with Crippen molar-refractivity contribution in [2.45, 2.75) is 18.6 Å². The Hall–Kier alpha value is -2.35. The summed E-state index contributed by atoms with van der Waals surface area (Å²) in [6, 6.07) is 5.62. The van der Waals surface area contributed by atoms with Crippen LogP contribution in [0.4, 0.5) is 5.69 Å². The number of hydrogen-bond acceptors (Lipinski definition) is 6. The molecule has 1 saturated heterocycles. The van der Waals surface area contributed by atoms with Crippen LogP contribution in [0.15, 0.2) is 24.3 Å². The van der Waals surface area contributed by atoms with Crippen molar-refractivity contribution in [1.29, 1.82) is 0 Å². The smallest absolute Gasteiger partial charge is 0.335 e. The Kier molecular flexibility index (Phi) is 5.38. The van der Waals surface area contributed by atoms with Crippen molar-refractivity contribution in [3.63, 3.8) is 0 Å². The van der Waals surface area contributed by atoms with Gasteiger partial charge in [0.2, 0.25) is 11.8 Å². The van der Waals surface area contributed by atoms with E-state index in [-0.39, 0.29) is 30.0 Å². The number of nitrogens with zero attached hydrogens (tertiary/aromatic N) is 1. The molecule has 7 nitrogen and oxygen atoms in total. The highest BCUT2D eigenvalue weighted by molar-refractivity contribution is 8.01. The molecule has 1 aromatic rings. The molecule has 1 unspecified atom stereocenters. The topological polar surface area (TPSA) is 101 Å². The SMILES string of the molecule is CCOC(=O)CSC1CC(=O)N(c2cccc(C(=O)O)c2)C1=O. The van der Waals surface area contributed by atoms with Crippen molar-refractivity contribution in [3.8, 4) is 0 Å². The van der Waals surface area contributed by atoms with E-state index < -0.39 is 29.0 Å². The summed E-state index contributed by atoms with van der Waals surface area (Å²) in [6.45, 7) is 1.94. The van der Waals surface area contributed by atoms with E-state index in [1.54, 1.807) is 6.92 Å². The van der Waals surface area contributed by atoms with Crippen LogP contribution in [0.2, 0.25) is 0 Å². The first-order chi connectivity index (χ1) is 10.9. The average molecular weight is 337 g/mol. The first-order valence-electron chi connectivity index (χ1n) is 6.91. The van der Waals surface area contributed by atoms with E-state index in [9.17, 15) is 19.2 Å². The van der Waals surface area contributed by atoms with E-state index in [0.717, 1.165) is 16.7 Å². The zero-order valence-corrected chi connectivity index (χ0v) is 13.2. The van der Waals surface area contributed by atoms with Gasteiger partial charge in [-0.05, 0) is 25.1 Å². The fourth-order valence-corrected chi connectivity index (χ4v) is 3.08. The second-order valence-electron chi connectivity index (χ2n) is 4.73. The van der Waals surface area contributed by atoms with Crippen LogP contribution in [0.1, 0.15) is 23.7 Å². The van der Waals surface area contributed by atoms with E-state index in [1.807, 2.05) is 0 Å². The van der Waals surface area contributed by atoms with Crippen molar-refractivity contribution in [3.05, 3.63) is 29.8 Å². The van der Waals surface area contributed by atoms with Crippen LogP contribution >= 0.6 is 11.8 Å². The number of carboxylic acid groups (broad SMARTS) is 1. The first kappa shape index (κ1) is 17.0. The lowest BCUT2D eigenvalue weighted by Crippen LogP contribution is -2.31. The van der Waals surface area contributed by atoms with Gasteiger partial charge >= 0.3 is 11.9 Å². The molecule has 0 aromatic heterocycles. The summed E-state index contributed by atoms with van der Waals surface area (Å²) < 4.78 is 4.78. The lowest BCUT2D eigenvalue weighted by Gasteiger charge is -2.15. The predicted octanol–water partition coefficient (Wildman–Crippen LogP) is 1.31. The maximum absolute atomic E-state index is 12.4. The number of amides is 2. The predicted molar refractivity (Wildman–Crippen MR) is 83.4 cm³/mol. The van der Waals surface area contributed by atoms with E-state index in [1.165, 1.54) is 24.3 Å². The van der Waals surface area contributed by atoms with Crippen molar-refractivity contribution in [1.82, 2.24) is 0 Å². The number of ether oxygens (including phenoxy) is 1. The molecule has 1 aliphatic heterocycles. The standard InChI is InChI=1S/C15H15NO6S/c1-2-22-13(18)8-23-11-7-12(17)16(14(11)19)10-5-3-4-9(6-10)15(20)21/h3-6,11H,2,7-8H2,1H3,(H,20,21). The number of imide groups is 1. The third-order valence-electron chi connectivity index (χ3n) is 3.16. The second kappa shape index (κ2) is 7.28. The Balaban J connectivity index is 2.11. The molecule has 2 rings (SSSR count). The second-order valence-corrected chi connectivity index (χ2v) is 5.92. The summed E-state index contributed by atoms with van der Waals surface area (Å²) in [5.74, 6) is -2.46. The van der Waals surface area contributed by atoms with Gasteiger partial charge in [-0.3, -0.25) is 14.4 Å². The number of esters is 1. The first-order valence-corrected chi connectivity index (χ1v) is 7.96. The van der Waals surface area contributed by atoms with Gasteiger partial charge in [-0.2, -0.15) is 0 Å². The van der Waals surface area contributed by atoms with Gasteiger partial charge in [-0.25, -0.2) is 9.69 Å². The van der Waals surface area contributed by atoms with Crippen LogP contribution in [0.25, 0.3) is 0 Å². The molecule has 0 saturated carbocycles. The van der Waals surface area contributed by atoms with Crippen LogP contribution in [0, 0.1) is 0 Å². The molecule has 1 aliphatic rings. The zero-order chi connectivity index (χ0) is 17.0. The molecule has 0 spiro atoms. The summed E-state index contributed by atoms with van der Waals surface area (Å²) in [4.78, 5) is 47.7. The Bertz CT molecular complexity index is 659. The van der Waals surface area contributed by atoms with E-state index in [2.05, 4.69) is 0 Å². The number of carboxylic acids is 1.